The molecule has 3 rings (SSSR count). The largest absolute Gasteiger partial charge is 0.399 e. The maximum Gasteiger partial charge on any atom is 0.304 e. The standard InChI is InChI=1S/C14H17N3OS/c15-11-3-1-10(2-4-11)14(5-6-14)9-16-7-12-8-19-13(18)17-12/h1-4,8,16H,5-7,9,15H2,(H,17,18). The minimum Gasteiger partial charge on any atom is -0.399 e. The van der Waals surface area contributed by atoms with E-state index in [1.54, 1.807) is 0 Å². The summed E-state index contributed by atoms with van der Waals surface area (Å²) in [5, 5.41) is 5.31. The van der Waals surface area contributed by atoms with E-state index < -0.39 is 0 Å². The lowest BCUT2D eigenvalue weighted by Crippen LogP contribution is -2.26. The summed E-state index contributed by atoms with van der Waals surface area (Å²) in [6.07, 6.45) is 2.42. The van der Waals surface area contributed by atoms with Gasteiger partial charge in [-0.1, -0.05) is 23.5 Å². The molecular weight excluding hydrogens is 258 g/mol. The van der Waals surface area contributed by atoms with Crippen molar-refractivity contribution in [2.45, 2.75) is 24.8 Å². The number of aromatic amines is 1. The molecule has 1 aliphatic carbocycles. The Labute approximate surface area is 115 Å². The molecular formula is C14H17N3OS. The molecule has 5 heteroatoms. The molecule has 0 radical (unpaired) electrons. The van der Waals surface area contributed by atoms with Crippen molar-refractivity contribution in [3.63, 3.8) is 0 Å². The third-order valence-corrected chi connectivity index (χ3v) is 4.44. The molecule has 0 bridgehead atoms. The monoisotopic (exact) mass is 275 g/mol. The van der Waals surface area contributed by atoms with Gasteiger partial charge in [-0.15, -0.1) is 0 Å². The second kappa shape index (κ2) is 4.83. The van der Waals surface area contributed by atoms with Crippen LogP contribution in [0.5, 0.6) is 0 Å². The number of anilines is 1. The summed E-state index contributed by atoms with van der Waals surface area (Å²) in [6, 6.07) is 8.17. The van der Waals surface area contributed by atoms with Gasteiger partial charge in [0.2, 0.25) is 0 Å². The van der Waals surface area contributed by atoms with Gasteiger partial charge in [-0.2, -0.15) is 0 Å². The fourth-order valence-electron chi connectivity index (χ4n) is 2.39. The van der Waals surface area contributed by atoms with Crippen molar-refractivity contribution < 1.29 is 0 Å². The number of benzene rings is 1. The van der Waals surface area contributed by atoms with Gasteiger partial charge in [0, 0.05) is 35.3 Å². The van der Waals surface area contributed by atoms with E-state index >= 15 is 0 Å². The highest BCUT2D eigenvalue weighted by molar-refractivity contribution is 7.07. The Hall–Kier alpha value is -1.59. The molecule has 0 unspecified atom stereocenters. The van der Waals surface area contributed by atoms with Gasteiger partial charge < -0.3 is 16.0 Å². The first-order chi connectivity index (χ1) is 9.18. The van der Waals surface area contributed by atoms with Crippen LogP contribution in [0.15, 0.2) is 34.4 Å². The van der Waals surface area contributed by atoms with E-state index in [-0.39, 0.29) is 10.3 Å². The summed E-state index contributed by atoms with van der Waals surface area (Å²) in [4.78, 5) is 13.9. The highest BCUT2D eigenvalue weighted by Crippen LogP contribution is 2.47. The van der Waals surface area contributed by atoms with Crippen molar-refractivity contribution in [3.05, 3.63) is 50.6 Å². The van der Waals surface area contributed by atoms with Crippen molar-refractivity contribution in [1.29, 1.82) is 0 Å². The van der Waals surface area contributed by atoms with Gasteiger partial charge in [0.25, 0.3) is 0 Å². The minimum absolute atomic E-state index is 0.0106. The smallest absolute Gasteiger partial charge is 0.304 e. The van der Waals surface area contributed by atoms with E-state index in [0.717, 1.165) is 24.5 Å². The van der Waals surface area contributed by atoms with Crippen LogP contribution >= 0.6 is 11.3 Å². The summed E-state index contributed by atoms with van der Waals surface area (Å²) in [5.41, 5.74) is 9.11. The number of nitrogens with two attached hydrogens (primary N) is 1. The van der Waals surface area contributed by atoms with Crippen LogP contribution in [0.3, 0.4) is 0 Å². The first kappa shape index (κ1) is 12.4. The van der Waals surface area contributed by atoms with E-state index in [1.165, 1.54) is 29.7 Å². The van der Waals surface area contributed by atoms with Crippen LogP contribution in [-0.4, -0.2) is 11.5 Å². The Morgan fingerprint density at radius 1 is 1.32 bits per heavy atom. The SMILES string of the molecule is Nc1ccc(C2(CNCc3csc(=O)[nH]3)CC2)cc1. The molecule has 100 valence electrons. The van der Waals surface area contributed by atoms with Gasteiger partial charge in [-0.05, 0) is 30.5 Å². The predicted octanol–water partition coefficient (Wildman–Crippen LogP) is 1.84. The molecule has 1 heterocycles. The normalized spacial score (nSPS) is 16.4. The van der Waals surface area contributed by atoms with Crippen LogP contribution in [0.4, 0.5) is 5.69 Å². The van der Waals surface area contributed by atoms with Gasteiger partial charge in [0.05, 0.1) is 0 Å². The number of nitrogens with one attached hydrogen (secondary N) is 2. The van der Waals surface area contributed by atoms with Crippen molar-refractivity contribution in [2.75, 3.05) is 12.3 Å². The molecule has 0 atom stereocenters. The van der Waals surface area contributed by atoms with Gasteiger partial charge in [0.15, 0.2) is 0 Å². The van der Waals surface area contributed by atoms with Crippen molar-refractivity contribution >= 4 is 17.0 Å². The molecule has 0 aliphatic heterocycles. The van der Waals surface area contributed by atoms with E-state index in [2.05, 4.69) is 22.4 Å². The molecule has 1 aromatic heterocycles. The summed E-state index contributed by atoms with van der Waals surface area (Å²) in [7, 11) is 0. The minimum atomic E-state index is 0.0106. The molecule has 0 saturated heterocycles. The molecule has 1 fully saturated rings. The highest BCUT2D eigenvalue weighted by atomic mass is 32.1. The molecule has 1 aromatic carbocycles. The van der Waals surface area contributed by atoms with E-state index in [0.29, 0.717) is 0 Å². The zero-order chi connectivity index (χ0) is 13.3. The lowest BCUT2D eigenvalue weighted by molar-refractivity contribution is 0.570. The zero-order valence-corrected chi connectivity index (χ0v) is 11.4. The fourth-order valence-corrected chi connectivity index (χ4v) is 2.97. The van der Waals surface area contributed by atoms with Crippen molar-refractivity contribution in [2.24, 2.45) is 0 Å². The second-order valence-electron chi connectivity index (χ2n) is 5.18. The van der Waals surface area contributed by atoms with Crippen LogP contribution in [0.25, 0.3) is 0 Å². The number of rotatable bonds is 5. The summed E-state index contributed by atoms with van der Waals surface area (Å²) in [6.45, 7) is 1.66. The van der Waals surface area contributed by atoms with Crippen LogP contribution in [0.1, 0.15) is 24.1 Å². The second-order valence-corrected chi connectivity index (χ2v) is 6.02. The van der Waals surface area contributed by atoms with E-state index in [1.807, 2.05) is 17.5 Å². The topological polar surface area (TPSA) is 70.9 Å². The maximum absolute atomic E-state index is 11.0. The zero-order valence-electron chi connectivity index (χ0n) is 10.6. The Kier molecular flexibility index (Phi) is 3.16. The highest BCUT2D eigenvalue weighted by Gasteiger charge is 2.43. The van der Waals surface area contributed by atoms with Crippen molar-refractivity contribution in [1.82, 2.24) is 10.3 Å². The summed E-state index contributed by atoms with van der Waals surface area (Å²) >= 11 is 1.21. The molecule has 1 aliphatic rings. The van der Waals surface area contributed by atoms with Crippen LogP contribution < -0.4 is 15.9 Å². The van der Waals surface area contributed by atoms with Crippen LogP contribution in [-0.2, 0) is 12.0 Å². The molecule has 0 amide bonds. The lowest BCUT2D eigenvalue weighted by atomic mass is 9.96. The lowest BCUT2D eigenvalue weighted by Gasteiger charge is -2.16. The van der Waals surface area contributed by atoms with Crippen LogP contribution in [0, 0.1) is 0 Å². The Morgan fingerprint density at radius 3 is 2.63 bits per heavy atom. The van der Waals surface area contributed by atoms with Gasteiger partial charge in [0.1, 0.15) is 0 Å². The predicted molar refractivity (Wildman–Crippen MR) is 78.4 cm³/mol. The number of hydrogen-bond donors (Lipinski definition) is 3. The Morgan fingerprint density at radius 2 is 2.05 bits per heavy atom. The number of H-pyrrole nitrogens is 1. The van der Waals surface area contributed by atoms with Crippen LogP contribution in [0.2, 0.25) is 0 Å². The molecule has 0 spiro atoms. The van der Waals surface area contributed by atoms with E-state index in [9.17, 15) is 4.79 Å². The molecule has 4 N–H and O–H groups in total. The molecule has 4 nitrogen and oxygen atoms in total. The quantitative estimate of drug-likeness (QED) is 0.729. The number of thiazole rings is 1. The summed E-state index contributed by atoms with van der Waals surface area (Å²) in [5.74, 6) is 0. The third-order valence-electron chi connectivity index (χ3n) is 3.73. The molecule has 2 aromatic rings. The van der Waals surface area contributed by atoms with Gasteiger partial charge >= 0.3 is 4.87 Å². The number of nitrogen functional groups attached to an aromatic ring is 1. The maximum atomic E-state index is 11.0. The Bertz CT molecular complexity index is 610. The molecule has 1 saturated carbocycles. The van der Waals surface area contributed by atoms with E-state index in [4.69, 9.17) is 5.73 Å². The number of hydrogen-bond acceptors (Lipinski definition) is 4. The third kappa shape index (κ3) is 2.72. The Balaban J connectivity index is 1.60. The first-order valence-corrected chi connectivity index (χ1v) is 7.29. The first-order valence-electron chi connectivity index (χ1n) is 6.41. The number of aromatic nitrogens is 1. The van der Waals surface area contributed by atoms with Crippen molar-refractivity contribution in [3.8, 4) is 0 Å². The average Bonchev–Trinajstić information content (AvgIpc) is 3.07. The van der Waals surface area contributed by atoms with Gasteiger partial charge in [-0.25, -0.2) is 0 Å². The molecule has 19 heavy (non-hydrogen) atoms. The summed E-state index contributed by atoms with van der Waals surface area (Å²) < 4.78 is 0. The average molecular weight is 275 g/mol. The fraction of sp³-hybridized carbons (Fsp3) is 0.357. The van der Waals surface area contributed by atoms with Gasteiger partial charge in [-0.3, -0.25) is 4.79 Å².